The van der Waals surface area contributed by atoms with Gasteiger partial charge in [0.1, 0.15) is 6.07 Å². The van der Waals surface area contributed by atoms with E-state index in [1.807, 2.05) is 19.1 Å². The molecule has 1 N–H and O–H groups in total. The molecular formula is C15H19BrN2O2. The Morgan fingerprint density at radius 1 is 1.40 bits per heavy atom. The molecule has 0 aromatic heterocycles. The van der Waals surface area contributed by atoms with Crippen molar-refractivity contribution in [1.29, 1.82) is 5.26 Å². The van der Waals surface area contributed by atoms with Crippen LogP contribution >= 0.6 is 15.9 Å². The van der Waals surface area contributed by atoms with Gasteiger partial charge in [-0.15, -0.1) is 0 Å². The Kier molecular flexibility index (Phi) is 7.74. The lowest BCUT2D eigenvalue weighted by atomic mass is 10.1. The van der Waals surface area contributed by atoms with Gasteiger partial charge >= 0.3 is 5.97 Å². The van der Waals surface area contributed by atoms with Crippen LogP contribution in [0.4, 0.5) is 5.69 Å². The Bertz CT molecular complexity index is 483. The predicted octanol–water partition coefficient (Wildman–Crippen LogP) is 3.86. The lowest BCUT2D eigenvalue weighted by Gasteiger charge is -2.08. The predicted molar refractivity (Wildman–Crippen MR) is 82.4 cm³/mol. The van der Waals surface area contributed by atoms with E-state index < -0.39 is 0 Å². The standard InChI is InChI=1S/C15H19BrN2O2/c1-2-20-15(19)6-4-3-5-9-18-14-8-7-13(16)10-12(14)11-17/h7-8,10,18H,2-6,9H2,1H3. The number of halogens is 1. The maximum atomic E-state index is 11.1. The summed E-state index contributed by atoms with van der Waals surface area (Å²) in [7, 11) is 0. The number of benzene rings is 1. The van der Waals surface area contributed by atoms with Crippen LogP contribution in [0.5, 0.6) is 0 Å². The van der Waals surface area contributed by atoms with Gasteiger partial charge < -0.3 is 10.1 Å². The van der Waals surface area contributed by atoms with E-state index in [-0.39, 0.29) is 5.97 Å². The molecule has 0 fully saturated rings. The zero-order valence-corrected chi connectivity index (χ0v) is 13.2. The smallest absolute Gasteiger partial charge is 0.305 e. The minimum Gasteiger partial charge on any atom is -0.466 e. The number of carbonyl (C=O) groups excluding carboxylic acids is 1. The topological polar surface area (TPSA) is 62.1 Å². The van der Waals surface area contributed by atoms with Gasteiger partial charge in [0.15, 0.2) is 0 Å². The second kappa shape index (κ2) is 9.38. The summed E-state index contributed by atoms with van der Waals surface area (Å²) in [5.41, 5.74) is 1.48. The zero-order valence-electron chi connectivity index (χ0n) is 11.6. The lowest BCUT2D eigenvalue weighted by molar-refractivity contribution is -0.143. The Balaban J connectivity index is 2.22. The van der Waals surface area contributed by atoms with Gasteiger partial charge in [-0.1, -0.05) is 22.4 Å². The SMILES string of the molecule is CCOC(=O)CCCCCNc1ccc(Br)cc1C#N. The van der Waals surface area contributed by atoms with Crippen LogP contribution in [-0.4, -0.2) is 19.1 Å². The van der Waals surface area contributed by atoms with E-state index in [1.54, 1.807) is 6.07 Å². The van der Waals surface area contributed by atoms with Gasteiger partial charge in [-0.25, -0.2) is 0 Å². The van der Waals surface area contributed by atoms with Crippen LogP contribution in [0, 0.1) is 11.3 Å². The van der Waals surface area contributed by atoms with E-state index in [0.29, 0.717) is 18.6 Å². The Hall–Kier alpha value is -1.54. The van der Waals surface area contributed by atoms with Gasteiger partial charge in [0.25, 0.3) is 0 Å². The van der Waals surface area contributed by atoms with Gasteiger partial charge in [0.05, 0.1) is 17.9 Å². The van der Waals surface area contributed by atoms with E-state index in [2.05, 4.69) is 27.3 Å². The van der Waals surface area contributed by atoms with Crippen molar-refractivity contribution in [3.63, 3.8) is 0 Å². The summed E-state index contributed by atoms with van der Waals surface area (Å²) in [4.78, 5) is 11.1. The maximum absolute atomic E-state index is 11.1. The first-order chi connectivity index (χ1) is 9.67. The molecular weight excluding hydrogens is 320 g/mol. The third kappa shape index (κ3) is 6.07. The number of anilines is 1. The number of nitriles is 1. The summed E-state index contributed by atoms with van der Waals surface area (Å²) in [6.07, 6.45) is 3.24. The van der Waals surface area contributed by atoms with Crippen LogP contribution in [0.3, 0.4) is 0 Å². The van der Waals surface area contributed by atoms with Gasteiger partial charge in [0.2, 0.25) is 0 Å². The van der Waals surface area contributed by atoms with Crippen molar-refractivity contribution in [3.8, 4) is 6.07 Å². The van der Waals surface area contributed by atoms with Crippen molar-refractivity contribution in [3.05, 3.63) is 28.2 Å². The quantitative estimate of drug-likeness (QED) is 0.577. The molecule has 0 amide bonds. The van der Waals surface area contributed by atoms with E-state index in [0.717, 1.165) is 36.0 Å². The molecule has 0 bridgehead atoms. The lowest BCUT2D eigenvalue weighted by Crippen LogP contribution is -2.05. The van der Waals surface area contributed by atoms with Gasteiger partial charge in [-0.3, -0.25) is 4.79 Å². The first-order valence-corrected chi connectivity index (χ1v) is 7.55. The number of ether oxygens (including phenoxy) is 1. The molecule has 0 aliphatic rings. The van der Waals surface area contributed by atoms with Crippen LogP contribution in [0.2, 0.25) is 0 Å². The second-order valence-electron chi connectivity index (χ2n) is 4.34. The fourth-order valence-corrected chi connectivity index (χ4v) is 2.15. The first-order valence-electron chi connectivity index (χ1n) is 6.76. The van der Waals surface area contributed by atoms with Crippen molar-refractivity contribution in [2.45, 2.75) is 32.6 Å². The van der Waals surface area contributed by atoms with Crippen LogP contribution < -0.4 is 5.32 Å². The van der Waals surface area contributed by atoms with Crippen LogP contribution in [-0.2, 0) is 9.53 Å². The number of unbranched alkanes of at least 4 members (excludes halogenated alkanes) is 2. The zero-order chi connectivity index (χ0) is 14.8. The van der Waals surface area contributed by atoms with Crippen LogP contribution in [0.1, 0.15) is 38.2 Å². The molecule has 20 heavy (non-hydrogen) atoms. The van der Waals surface area contributed by atoms with E-state index in [9.17, 15) is 4.79 Å². The number of nitrogens with zero attached hydrogens (tertiary/aromatic N) is 1. The summed E-state index contributed by atoms with van der Waals surface area (Å²) in [6.45, 7) is 3.05. The van der Waals surface area contributed by atoms with Crippen LogP contribution in [0.15, 0.2) is 22.7 Å². The third-order valence-corrected chi connectivity index (χ3v) is 3.27. The molecule has 0 aliphatic heterocycles. The monoisotopic (exact) mass is 338 g/mol. The molecule has 0 atom stereocenters. The molecule has 5 heteroatoms. The van der Waals surface area contributed by atoms with Crippen molar-refractivity contribution < 1.29 is 9.53 Å². The van der Waals surface area contributed by atoms with Crippen molar-refractivity contribution in [2.75, 3.05) is 18.5 Å². The number of nitrogens with one attached hydrogen (secondary N) is 1. The number of hydrogen-bond acceptors (Lipinski definition) is 4. The largest absolute Gasteiger partial charge is 0.466 e. The highest BCUT2D eigenvalue weighted by molar-refractivity contribution is 9.10. The molecule has 0 saturated carbocycles. The molecule has 0 heterocycles. The molecule has 0 spiro atoms. The Morgan fingerprint density at radius 3 is 2.90 bits per heavy atom. The molecule has 1 rings (SSSR count). The summed E-state index contributed by atoms with van der Waals surface area (Å²) in [5, 5.41) is 12.3. The van der Waals surface area contributed by atoms with Gasteiger partial charge in [0, 0.05) is 17.4 Å². The molecule has 108 valence electrons. The van der Waals surface area contributed by atoms with Gasteiger partial charge in [-0.2, -0.15) is 5.26 Å². The Morgan fingerprint density at radius 2 is 2.20 bits per heavy atom. The highest BCUT2D eigenvalue weighted by atomic mass is 79.9. The number of carbonyl (C=O) groups is 1. The minimum absolute atomic E-state index is 0.125. The highest BCUT2D eigenvalue weighted by Gasteiger charge is 2.03. The summed E-state index contributed by atoms with van der Waals surface area (Å²) >= 11 is 3.34. The average Bonchev–Trinajstić information content (AvgIpc) is 2.44. The fraction of sp³-hybridized carbons (Fsp3) is 0.467. The van der Waals surface area contributed by atoms with Crippen LogP contribution in [0.25, 0.3) is 0 Å². The molecule has 1 aromatic carbocycles. The molecule has 4 nitrogen and oxygen atoms in total. The molecule has 1 aromatic rings. The summed E-state index contributed by atoms with van der Waals surface area (Å²) in [5.74, 6) is -0.125. The van der Waals surface area contributed by atoms with Crippen molar-refractivity contribution in [1.82, 2.24) is 0 Å². The number of hydrogen-bond donors (Lipinski definition) is 1. The second-order valence-corrected chi connectivity index (χ2v) is 5.26. The van der Waals surface area contributed by atoms with E-state index in [1.165, 1.54) is 0 Å². The van der Waals surface area contributed by atoms with Crippen molar-refractivity contribution >= 4 is 27.6 Å². The maximum Gasteiger partial charge on any atom is 0.305 e. The summed E-state index contributed by atoms with van der Waals surface area (Å²) < 4.78 is 5.76. The van der Waals surface area contributed by atoms with Gasteiger partial charge in [-0.05, 0) is 38.0 Å². The normalized spacial score (nSPS) is 9.85. The highest BCUT2D eigenvalue weighted by Crippen LogP contribution is 2.20. The number of rotatable bonds is 8. The number of esters is 1. The van der Waals surface area contributed by atoms with Crippen molar-refractivity contribution in [2.24, 2.45) is 0 Å². The Labute approximate surface area is 128 Å². The fourth-order valence-electron chi connectivity index (χ4n) is 1.79. The molecule has 0 aliphatic carbocycles. The average molecular weight is 339 g/mol. The molecule has 0 saturated heterocycles. The minimum atomic E-state index is -0.125. The first kappa shape index (κ1) is 16.5. The van der Waals surface area contributed by atoms with E-state index in [4.69, 9.17) is 10.00 Å². The molecule has 0 unspecified atom stereocenters. The summed E-state index contributed by atoms with van der Waals surface area (Å²) in [6, 6.07) is 7.76. The van der Waals surface area contributed by atoms with E-state index >= 15 is 0 Å². The third-order valence-electron chi connectivity index (χ3n) is 2.78. The molecule has 0 radical (unpaired) electrons.